The monoisotopic (exact) mass is 573 g/mol. The van der Waals surface area contributed by atoms with Gasteiger partial charge in [-0.3, -0.25) is 9.69 Å². The van der Waals surface area contributed by atoms with E-state index in [1.165, 1.54) is 11.1 Å². The van der Waals surface area contributed by atoms with E-state index in [1.807, 2.05) is 36.2 Å². The molecular weight excluding hydrogens is 526 g/mol. The van der Waals surface area contributed by atoms with E-state index in [4.69, 9.17) is 9.47 Å². The Morgan fingerprint density at radius 1 is 1.15 bits per heavy atom. The van der Waals surface area contributed by atoms with Crippen LogP contribution in [0.1, 0.15) is 63.1 Å². The van der Waals surface area contributed by atoms with E-state index in [2.05, 4.69) is 42.3 Å². The SMILES string of the molecule is Cc1cc(N(C)C(=O)[C@H]2CC[C@H](Oc3cccc(COCC(C)(C)O)c3)CC2)ccc1CN1CCN[C@@H](C)C1.Cl. The van der Waals surface area contributed by atoms with Crippen LogP contribution >= 0.6 is 12.4 Å². The number of nitrogens with zero attached hydrogens (tertiary/aromatic N) is 2. The number of amides is 1. The van der Waals surface area contributed by atoms with E-state index in [0.29, 0.717) is 12.6 Å². The van der Waals surface area contributed by atoms with Gasteiger partial charge < -0.3 is 24.8 Å². The minimum absolute atomic E-state index is 0. The Hall–Kier alpha value is -2.16. The average molecular weight is 574 g/mol. The molecule has 1 amide bonds. The first-order valence-electron chi connectivity index (χ1n) is 14.5. The molecule has 0 spiro atoms. The van der Waals surface area contributed by atoms with Crippen LogP contribution in [-0.4, -0.2) is 66.9 Å². The van der Waals surface area contributed by atoms with Crippen LogP contribution < -0.4 is 15.0 Å². The molecule has 1 aliphatic heterocycles. The fourth-order valence-electron chi connectivity index (χ4n) is 5.61. The third-order valence-electron chi connectivity index (χ3n) is 7.84. The second kappa shape index (κ2) is 14.6. The molecular formula is C32H48ClN3O4. The number of carbonyl (C=O) groups is 1. The topological polar surface area (TPSA) is 74.3 Å². The van der Waals surface area contributed by atoms with Crippen molar-refractivity contribution in [3.8, 4) is 5.75 Å². The lowest BCUT2D eigenvalue weighted by atomic mass is 9.86. The number of anilines is 1. The van der Waals surface area contributed by atoms with Gasteiger partial charge in [-0.05, 0) is 94.3 Å². The first kappa shape index (κ1) is 32.4. The summed E-state index contributed by atoms with van der Waals surface area (Å²) < 4.78 is 11.9. The molecule has 8 heteroatoms. The zero-order valence-electron chi connectivity index (χ0n) is 24.8. The number of hydrogen-bond acceptors (Lipinski definition) is 6. The van der Waals surface area contributed by atoms with E-state index in [-0.39, 0.29) is 36.9 Å². The van der Waals surface area contributed by atoms with Crippen LogP contribution in [0.25, 0.3) is 0 Å². The minimum Gasteiger partial charge on any atom is -0.490 e. The fourth-order valence-corrected chi connectivity index (χ4v) is 5.61. The number of halogens is 1. The number of nitrogens with one attached hydrogen (secondary N) is 1. The highest BCUT2D eigenvalue weighted by molar-refractivity contribution is 5.94. The Kier molecular flexibility index (Phi) is 11.8. The standard InChI is InChI=1S/C32H47N3O4.ClH/c1-23-17-28(12-9-27(23)20-35-16-15-33-24(2)19-35)34(5)31(36)26-10-13-29(14-11-26)39-30-8-6-7-25(18-30)21-38-22-32(3,4)37;/h6-9,12,17-18,24,26,29,33,37H,10-11,13-16,19-22H2,1-5H3;1H/t24-,26-,29-;/m0./s1. The molecule has 4 rings (SSSR count). The first-order valence-corrected chi connectivity index (χ1v) is 14.5. The molecule has 7 nitrogen and oxygen atoms in total. The molecule has 2 N–H and O–H groups in total. The second-order valence-corrected chi connectivity index (χ2v) is 12.1. The number of benzene rings is 2. The fraction of sp³-hybridized carbons (Fsp3) is 0.594. The maximum Gasteiger partial charge on any atom is 0.229 e. The van der Waals surface area contributed by atoms with Gasteiger partial charge in [0, 0.05) is 50.9 Å². The number of aliphatic hydroxyl groups is 1. The molecule has 0 unspecified atom stereocenters. The normalized spacial score (nSPS) is 21.9. The van der Waals surface area contributed by atoms with Gasteiger partial charge in [-0.15, -0.1) is 12.4 Å². The van der Waals surface area contributed by atoms with Crippen molar-refractivity contribution in [2.75, 3.05) is 38.2 Å². The molecule has 1 heterocycles. The van der Waals surface area contributed by atoms with E-state index in [0.717, 1.165) is 68.9 Å². The summed E-state index contributed by atoms with van der Waals surface area (Å²) in [4.78, 5) is 17.7. The van der Waals surface area contributed by atoms with Crippen LogP contribution in [0.5, 0.6) is 5.75 Å². The van der Waals surface area contributed by atoms with Crippen molar-refractivity contribution in [2.24, 2.45) is 5.92 Å². The molecule has 2 aromatic rings. The van der Waals surface area contributed by atoms with Gasteiger partial charge in [0.2, 0.25) is 5.91 Å². The maximum atomic E-state index is 13.4. The van der Waals surface area contributed by atoms with Crippen molar-refractivity contribution in [3.63, 3.8) is 0 Å². The Morgan fingerprint density at radius 2 is 1.90 bits per heavy atom. The van der Waals surface area contributed by atoms with Gasteiger partial charge >= 0.3 is 0 Å². The Bertz CT molecular complexity index is 1100. The minimum atomic E-state index is -0.843. The zero-order valence-corrected chi connectivity index (χ0v) is 25.6. The third kappa shape index (κ3) is 9.45. The Labute approximate surface area is 246 Å². The molecule has 222 valence electrons. The summed E-state index contributed by atoms with van der Waals surface area (Å²) >= 11 is 0. The highest BCUT2D eigenvalue weighted by atomic mass is 35.5. The number of piperazine rings is 1. The molecule has 0 bridgehead atoms. The van der Waals surface area contributed by atoms with Crippen molar-refractivity contribution in [3.05, 3.63) is 59.2 Å². The summed E-state index contributed by atoms with van der Waals surface area (Å²) in [6.07, 6.45) is 3.51. The van der Waals surface area contributed by atoms with Crippen LogP contribution in [0.2, 0.25) is 0 Å². The molecule has 1 aliphatic carbocycles. The van der Waals surface area contributed by atoms with E-state index < -0.39 is 5.60 Å². The quantitative estimate of drug-likeness (QED) is 0.412. The number of rotatable bonds is 10. The van der Waals surface area contributed by atoms with E-state index in [1.54, 1.807) is 13.8 Å². The van der Waals surface area contributed by atoms with Crippen LogP contribution in [-0.2, 0) is 22.7 Å². The van der Waals surface area contributed by atoms with Gasteiger partial charge in [0.15, 0.2) is 0 Å². The van der Waals surface area contributed by atoms with Gasteiger partial charge in [0.1, 0.15) is 5.75 Å². The van der Waals surface area contributed by atoms with Crippen molar-refractivity contribution in [2.45, 2.75) is 84.3 Å². The lowest BCUT2D eigenvalue weighted by Crippen LogP contribution is -2.48. The van der Waals surface area contributed by atoms with E-state index in [9.17, 15) is 9.90 Å². The van der Waals surface area contributed by atoms with Gasteiger partial charge in [0.25, 0.3) is 0 Å². The average Bonchev–Trinajstić information content (AvgIpc) is 2.89. The molecule has 1 saturated carbocycles. The molecule has 1 saturated heterocycles. The van der Waals surface area contributed by atoms with Crippen molar-refractivity contribution in [1.82, 2.24) is 10.2 Å². The lowest BCUT2D eigenvalue weighted by Gasteiger charge is -2.32. The Balaban J connectivity index is 0.00000441. The summed E-state index contributed by atoms with van der Waals surface area (Å²) in [5.41, 5.74) is 3.72. The molecule has 1 atom stereocenters. The van der Waals surface area contributed by atoms with Crippen LogP contribution in [0, 0.1) is 12.8 Å². The van der Waals surface area contributed by atoms with Gasteiger partial charge in [-0.2, -0.15) is 0 Å². The van der Waals surface area contributed by atoms with Crippen molar-refractivity contribution < 1.29 is 19.4 Å². The third-order valence-corrected chi connectivity index (χ3v) is 7.84. The zero-order chi connectivity index (χ0) is 28.0. The van der Waals surface area contributed by atoms with Crippen molar-refractivity contribution >= 4 is 24.0 Å². The number of ether oxygens (including phenoxy) is 2. The molecule has 40 heavy (non-hydrogen) atoms. The van der Waals surface area contributed by atoms with Crippen molar-refractivity contribution in [1.29, 1.82) is 0 Å². The largest absolute Gasteiger partial charge is 0.490 e. The van der Waals surface area contributed by atoms with Gasteiger partial charge in [0.05, 0.1) is 24.9 Å². The Morgan fingerprint density at radius 3 is 2.58 bits per heavy atom. The predicted molar refractivity (Wildman–Crippen MR) is 163 cm³/mol. The number of carbonyl (C=O) groups excluding carboxylic acids is 1. The summed E-state index contributed by atoms with van der Waals surface area (Å²) in [5, 5.41) is 13.3. The summed E-state index contributed by atoms with van der Waals surface area (Å²) in [6, 6.07) is 14.9. The molecule has 0 radical (unpaired) electrons. The molecule has 2 fully saturated rings. The number of hydrogen-bond donors (Lipinski definition) is 2. The summed E-state index contributed by atoms with van der Waals surface area (Å²) in [6.45, 7) is 12.7. The van der Waals surface area contributed by atoms with Gasteiger partial charge in [-0.1, -0.05) is 18.2 Å². The second-order valence-electron chi connectivity index (χ2n) is 12.1. The van der Waals surface area contributed by atoms with Gasteiger partial charge in [-0.25, -0.2) is 0 Å². The first-order chi connectivity index (χ1) is 18.6. The lowest BCUT2D eigenvalue weighted by molar-refractivity contribution is -0.123. The highest BCUT2D eigenvalue weighted by Gasteiger charge is 2.30. The maximum absolute atomic E-state index is 13.4. The molecule has 0 aromatic heterocycles. The molecule has 2 aliphatic rings. The summed E-state index contributed by atoms with van der Waals surface area (Å²) in [7, 11) is 1.91. The highest BCUT2D eigenvalue weighted by Crippen LogP contribution is 2.31. The summed E-state index contributed by atoms with van der Waals surface area (Å²) in [5.74, 6) is 1.05. The van der Waals surface area contributed by atoms with E-state index >= 15 is 0 Å². The van der Waals surface area contributed by atoms with Crippen LogP contribution in [0.4, 0.5) is 5.69 Å². The van der Waals surface area contributed by atoms with Crippen LogP contribution in [0.3, 0.4) is 0 Å². The smallest absolute Gasteiger partial charge is 0.229 e. The predicted octanol–water partition coefficient (Wildman–Crippen LogP) is 5.10. The molecule has 2 aromatic carbocycles. The van der Waals surface area contributed by atoms with Crippen LogP contribution in [0.15, 0.2) is 42.5 Å². The number of aryl methyl sites for hydroxylation is 1.